The van der Waals surface area contributed by atoms with Crippen LogP contribution in [0.15, 0.2) is 18.2 Å². The van der Waals surface area contributed by atoms with Crippen molar-refractivity contribution in [2.24, 2.45) is 5.73 Å². The second kappa shape index (κ2) is 5.48. The molecule has 0 unspecified atom stereocenters. The van der Waals surface area contributed by atoms with E-state index < -0.39 is 5.82 Å². The maximum Gasteiger partial charge on any atom is 0.254 e. The van der Waals surface area contributed by atoms with Crippen molar-refractivity contribution in [2.45, 2.75) is 44.7 Å². The fourth-order valence-corrected chi connectivity index (χ4v) is 2.33. The first-order valence-electron chi connectivity index (χ1n) is 6.39. The quantitative estimate of drug-likeness (QED) is 0.845. The zero-order chi connectivity index (χ0) is 13.1. The van der Waals surface area contributed by atoms with Gasteiger partial charge in [-0.05, 0) is 50.3 Å². The van der Waals surface area contributed by atoms with Gasteiger partial charge in [-0.15, -0.1) is 0 Å². The number of carbonyl (C=O) groups excluding carboxylic acids is 1. The van der Waals surface area contributed by atoms with E-state index in [0.717, 1.165) is 31.2 Å². The lowest BCUT2D eigenvalue weighted by atomic mass is 9.91. The van der Waals surface area contributed by atoms with E-state index in [0.29, 0.717) is 0 Å². The molecule has 2 rings (SSSR count). The molecule has 4 heteroatoms. The lowest BCUT2D eigenvalue weighted by Gasteiger charge is -2.26. The highest BCUT2D eigenvalue weighted by molar-refractivity contribution is 5.94. The van der Waals surface area contributed by atoms with Crippen LogP contribution in [0.2, 0.25) is 0 Å². The Bertz CT molecular complexity index is 439. The van der Waals surface area contributed by atoms with Gasteiger partial charge in [-0.3, -0.25) is 4.79 Å². The first-order chi connectivity index (χ1) is 8.56. The van der Waals surface area contributed by atoms with Gasteiger partial charge in [0, 0.05) is 12.1 Å². The topological polar surface area (TPSA) is 55.1 Å². The summed E-state index contributed by atoms with van der Waals surface area (Å²) in [5.41, 5.74) is 6.74. The largest absolute Gasteiger partial charge is 0.349 e. The van der Waals surface area contributed by atoms with Gasteiger partial charge in [0.2, 0.25) is 0 Å². The third kappa shape index (κ3) is 3.07. The molecule has 1 aliphatic rings. The minimum Gasteiger partial charge on any atom is -0.349 e. The van der Waals surface area contributed by atoms with Gasteiger partial charge in [0.15, 0.2) is 0 Å². The molecule has 0 bridgehead atoms. The van der Waals surface area contributed by atoms with Gasteiger partial charge in [-0.1, -0.05) is 6.07 Å². The molecule has 3 N–H and O–H groups in total. The number of amides is 1. The van der Waals surface area contributed by atoms with Gasteiger partial charge < -0.3 is 11.1 Å². The maximum absolute atomic E-state index is 13.6. The zero-order valence-electron chi connectivity index (χ0n) is 10.6. The second-order valence-corrected chi connectivity index (χ2v) is 5.07. The van der Waals surface area contributed by atoms with E-state index in [1.807, 2.05) is 0 Å². The molecule has 3 nitrogen and oxygen atoms in total. The van der Waals surface area contributed by atoms with E-state index in [4.69, 9.17) is 5.73 Å². The summed E-state index contributed by atoms with van der Waals surface area (Å²) in [6.07, 6.45) is 3.59. The van der Waals surface area contributed by atoms with Crippen LogP contribution in [0.4, 0.5) is 4.39 Å². The third-order valence-corrected chi connectivity index (χ3v) is 3.48. The first kappa shape index (κ1) is 13.0. The number of hydrogen-bond donors (Lipinski definition) is 2. The summed E-state index contributed by atoms with van der Waals surface area (Å²) >= 11 is 0. The van der Waals surface area contributed by atoms with Crippen LogP contribution in [0, 0.1) is 12.7 Å². The van der Waals surface area contributed by atoms with Crippen LogP contribution in [0.25, 0.3) is 0 Å². The normalized spacial score (nSPS) is 23.7. The second-order valence-electron chi connectivity index (χ2n) is 5.07. The maximum atomic E-state index is 13.6. The third-order valence-electron chi connectivity index (χ3n) is 3.48. The molecule has 1 aromatic carbocycles. The molecule has 0 saturated heterocycles. The fraction of sp³-hybridized carbons (Fsp3) is 0.500. The number of halogens is 1. The van der Waals surface area contributed by atoms with Crippen molar-refractivity contribution < 1.29 is 9.18 Å². The molecule has 0 heterocycles. The summed E-state index contributed by atoms with van der Waals surface area (Å²) in [6, 6.07) is 5.03. The number of aryl methyl sites for hydroxylation is 1. The Morgan fingerprint density at radius 3 is 2.61 bits per heavy atom. The van der Waals surface area contributed by atoms with Crippen molar-refractivity contribution in [2.75, 3.05) is 0 Å². The van der Waals surface area contributed by atoms with E-state index in [2.05, 4.69) is 5.32 Å². The van der Waals surface area contributed by atoms with Crippen LogP contribution < -0.4 is 11.1 Å². The zero-order valence-corrected chi connectivity index (χ0v) is 10.6. The molecule has 98 valence electrons. The lowest BCUT2D eigenvalue weighted by molar-refractivity contribution is 0.0922. The average molecular weight is 250 g/mol. The molecular weight excluding hydrogens is 231 g/mol. The van der Waals surface area contributed by atoms with Crippen molar-refractivity contribution in [3.05, 3.63) is 35.1 Å². The van der Waals surface area contributed by atoms with Crippen molar-refractivity contribution in [3.8, 4) is 0 Å². The van der Waals surface area contributed by atoms with E-state index >= 15 is 0 Å². The molecule has 1 amide bonds. The molecular formula is C14H19FN2O. The number of benzene rings is 1. The van der Waals surface area contributed by atoms with E-state index in [1.54, 1.807) is 13.0 Å². The summed E-state index contributed by atoms with van der Waals surface area (Å²) in [5.74, 6) is -0.784. The molecule has 1 saturated carbocycles. The van der Waals surface area contributed by atoms with Gasteiger partial charge in [-0.25, -0.2) is 4.39 Å². The Labute approximate surface area is 107 Å². The van der Waals surface area contributed by atoms with Crippen LogP contribution in [0.5, 0.6) is 0 Å². The van der Waals surface area contributed by atoms with Crippen LogP contribution in [0.3, 0.4) is 0 Å². The predicted octanol–water partition coefficient (Wildman–Crippen LogP) is 2.13. The highest BCUT2D eigenvalue weighted by Crippen LogP contribution is 2.18. The summed E-state index contributed by atoms with van der Waals surface area (Å²) in [6.45, 7) is 1.80. The minimum absolute atomic E-state index is 0.121. The number of nitrogens with two attached hydrogens (primary N) is 1. The number of rotatable bonds is 2. The number of carbonyl (C=O) groups is 1. The summed E-state index contributed by atoms with van der Waals surface area (Å²) < 4.78 is 13.6. The fourth-order valence-electron chi connectivity index (χ4n) is 2.33. The molecule has 1 aliphatic carbocycles. The minimum atomic E-state index is -0.458. The molecule has 0 radical (unpaired) electrons. The molecule has 0 aliphatic heterocycles. The van der Waals surface area contributed by atoms with E-state index in [1.165, 1.54) is 12.1 Å². The van der Waals surface area contributed by atoms with Crippen LogP contribution in [-0.2, 0) is 0 Å². The summed E-state index contributed by atoms with van der Waals surface area (Å²) in [4.78, 5) is 11.9. The number of nitrogens with one attached hydrogen (secondary N) is 1. The summed E-state index contributed by atoms with van der Waals surface area (Å²) in [7, 11) is 0. The first-order valence-corrected chi connectivity index (χ1v) is 6.39. The lowest BCUT2D eigenvalue weighted by Crippen LogP contribution is -2.40. The van der Waals surface area contributed by atoms with Crippen molar-refractivity contribution in [3.63, 3.8) is 0 Å². The SMILES string of the molecule is Cc1ccc(C(=O)NC2CCC(N)CC2)c(F)c1. The molecule has 1 aromatic rings. The Morgan fingerprint density at radius 2 is 2.00 bits per heavy atom. The Morgan fingerprint density at radius 1 is 1.33 bits per heavy atom. The standard InChI is InChI=1S/C14H19FN2O/c1-9-2-7-12(13(15)8-9)14(18)17-11-5-3-10(16)4-6-11/h2,7-8,10-11H,3-6,16H2,1H3,(H,17,18). The van der Waals surface area contributed by atoms with E-state index in [9.17, 15) is 9.18 Å². The van der Waals surface area contributed by atoms with Crippen LogP contribution in [-0.4, -0.2) is 18.0 Å². The highest BCUT2D eigenvalue weighted by Gasteiger charge is 2.21. The summed E-state index contributed by atoms with van der Waals surface area (Å²) in [5, 5.41) is 2.88. The monoisotopic (exact) mass is 250 g/mol. The van der Waals surface area contributed by atoms with Gasteiger partial charge in [0.1, 0.15) is 5.82 Å². The van der Waals surface area contributed by atoms with Gasteiger partial charge in [-0.2, -0.15) is 0 Å². The highest BCUT2D eigenvalue weighted by atomic mass is 19.1. The van der Waals surface area contributed by atoms with Gasteiger partial charge in [0.25, 0.3) is 5.91 Å². The Balaban J connectivity index is 1.99. The van der Waals surface area contributed by atoms with E-state index in [-0.39, 0.29) is 23.6 Å². The average Bonchev–Trinajstić information content (AvgIpc) is 2.32. The van der Waals surface area contributed by atoms with Crippen LogP contribution in [0.1, 0.15) is 41.6 Å². The van der Waals surface area contributed by atoms with Crippen molar-refractivity contribution in [1.82, 2.24) is 5.32 Å². The van der Waals surface area contributed by atoms with Crippen LogP contribution >= 0.6 is 0 Å². The van der Waals surface area contributed by atoms with Gasteiger partial charge in [0.05, 0.1) is 5.56 Å². The van der Waals surface area contributed by atoms with Crippen molar-refractivity contribution in [1.29, 1.82) is 0 Å². The predicted molar refractivity (Wildman–Crippen MR) is 68.8 cm³/mol. The Kier molecular flexibility index (Phi) is 3.97. The molecule has 0 aromatic heterocycles. The van der Waals surface area contributed by atoms with Crippen molar-refractivity contribution >= 4 is 5.91 Å². The molecule has 0 atom stereocenters. The molecule has 0 spiro atoms. The number of hydrogen-bond acceptors (Lipinski definition) is 2. The Hall–Kier alpha value is -1.42. The molecule has 1 fully saturated rings. The van der Waals surface area contributed by atoms with Gasteiger partial charge >= 0.3 is 0 Å². The molecule has 18 heavy (non-hydrogen) atoms. The smallest absolute Gasteiger partial charge is 0.254 e.